The van der Waals surface area contributed by atoms with E-state index in [1.807, 2.05) is 0 Å². The van der Waals surface area contributed by atoms with E-state index in [0.29, 0.717) is 5.41 Å². The molecule has 2 nitrogen and oxygen atoms in total. The van der Waals surface area contributed by atoms with Gasteiger partial charge in [-0.1, -0.05) is 20.8 Å². The highest BCUT2D eigenvalue weighted by Crippen LogP contribution is 2.45. The lowest BCUT2D eigenvalue weighted by atomic mass is 9.88. The van der Waals surface area contributed by atoms with Gasteiger partial charge in [0.2, 0.25) is 0 Å². The Labute approximate surface area is 106 Å². The average molecular weight is 236 g/mol. The second-order valence-electron chi connectivity index (χ2n) is 7.48. The molecule has 0 radical (unpaired) electrons. The fraction of sp³-hybridized carbons (Fsp3) is 1.00. The normalized spacial score (nSPS) is 46.1. The predicted molar refractivity (Wildman–Crippen MR) is 72.1 cm³/mol. The molecule has 17 heavy (non-hydrogen) atoms. The molecule has 1 saturated carbocycles. The van der Waals surface area contributed by atoms with E-state index in [1.165, 1.54) is 45.3 Å². The van der Waals surface area contributed by atoms with Crippen molar-refractivity contribution in [3.05, 3.63) is 0 Å². The van der Waals surface area contributed by atoms with E-state index >= 15 is 0 Å². The van der Waals surface area contributed by atoms with Gasteiger partial charge in [0.1, 0.15) is 0 Å². The van der Waals surface area contributed by atoms with Crippen LogP contribution in [0.2, 0.25) is 0 Å². The van der Waals surface area contributed by atoms with Gasteiger partial charge in [-0.2, -0.15) is 0 Å². The second-order valence-corrected chi connectivity index (χ2v) is 7.48. The molecule has 3 rings (SSSR count). The smallest absolute Gasteiger partial charge is 0.0264 e. The van der Waals surface area contributed by atoms with Crippen molar-refractivity contribution < 1.29 is 0 Å². The standard InChI is InChI=1S/C15H28N2/c1-11-7-15(2,3)8-13(11)17-6-4-5-12-9-16-10-14(12)17/h11-14,16H,4-10H2,1-3H3. The number of nitrogens with one attached hydrogen (secondary N) is 1. The van der Waals surface area contributed by atoms with E-state index in [-0.39, 0.29) is 0 Å². The third-order valence-electron chi connectivity index (χ3n) is 5.44. The molecule has 1 aliphatic carbocycles. The fourth-order valence-electron chi connectivity index (χ4n) is 4.82. The van der Waals surface area contributed by atoms with Crippen LogP contribution < -0.4 is 5.32 Å². The Kier molecular flexibility index (Phi) is 2.99. The van der Waals surface area contributed by atoms with Gasteiger partial charge in [-0.15, -0.1) is 0 Å². The summed E-state index contributed by atoms with van der Waals surface area (Å²) in [5.41, 5.74) is 0.572. The van der Waals surface area contributed by atoms with Crippen LogP contribution in [0.15, 0.2) is 0 Å². The van der Waals surface area contributed by atoms with Crippen LogP contribution in [0.25, 0.3) is 0 Å². The van der Waals surface area contributed by atoms with Crippen LogP contribution in [0.4, 0.5) is 0 Å². The van der Waals surface area contributed by atoms with Gasteiger partial charge in [-0.05, 0) is 56.0 Å². The molecule has 0 aromatic heterocycles. The van der Waals surface area contributed by atoms with E-state index in [1.54, 1.807) is 0 Å². The van der Waals surface area contributed by atoms with Crippen molar-refractivity contribution in [1.29, 1.82) is 0 Å². The largest absolute Gasteiger partial charge is 0.315 e. The quantitative estimate of drug-likeness (QED) is 0.752. The maximum Gasteiger partial charge on any atom is 0.0264 e. The van der Waals surface area contributed by atoms with Crippen molar-refractivity contribution in [3.8, 4) is 0 Å². The zero-order chi connectivity index (χ0) is 12.0. The van der Waals surface area contributed by atoms with Crippen molar-refractivity contribution in [3.63, 3.8) is 0 Å². The zero-order valence-electron chi connectivity index (χ0n) is 11.7. The monoisotopic (exact) mass is 236 g/mol. The fourth-order valence-corrected chi connectivity index (χ4v) is 4.82. The molecule has 0 amide bonds. The molecule has 0 spiro atoms. The van der Waals surface area contributed by atoms with Gasteiger partial charge >= 0.3 is 0 Å². The zero-order valence-corrected chi connectivity index (χ0v) is 11.7. The first-order valence-electron chi connectivity index (χ1n) is 7.53. The molecule has 2 aliphatic heterocycles. The number of fused-ring (bicyclic) bond motifs is 1. The number of nitrogens with zero attached hydrogens (tertiary/aromatic N) is 1. The highest BCUT2D eigenvalue weighted by atomic mass is 15.2. The number of likely N-dealkylation sites (tertiary alicyclic amines) is 1. The van der Waals surface area contributed by atoms with Gasteiger partial charge in [-0.3, -0.25) is 4.90 Å². The summed E-state index contributed by atoms with van der Waals surface area (Å²) in [7, 11) is 0. The minimum absolute atomic E-state index is 0.572. The average Bonchev–Trinajstić information content (AvgIpc) is 2.81. The first-order chi connectivity index (χ1) is 8.07. The Morgan fingerprint density at radius 1 is 1.12 bits per heavy atom. The molecule has 4 atom stereocenters. The Morgan fingerprint density at radius 3 is 2.65 bits per heavy atom. The topological polar surface area (TPSA) is 15.3 Å². The summed E-state index contributed by atoms with van der Waals surface area (Å²) in [4.78, 5) is 2.88. The van der Waals surface area contributed by atoms with Crippen LogP contribution in [0.5, 0.6) is 0 Å². The molecule has 0 aromatic carbocycles. The third kappa shape index (κ3) is 2.15. The molecule has 0 aromatic rings. The molecule has 1 N–H and O–H groups in total. The summed E-state index contributed by atoms with van der Waals surface area (Å²) in [5, 5.41) is 3.61. The van der Waals surface area contributed by atoms with E-state index in [9.17, 15) is 0 Å². The maximum absolute atomic E-state index is 3.61. The first-order valence-corrected chi connectivity index (χ1v) is 7.53. The highest BCUT2D eigenvalue weighted by Gasteiger charge is 2.45. The Bertz CT molecular complexity index is 287. The van der Waals surface area contributed by atoms with Gasteiger partial charge in [0.25, 0.3) is 0 Å². The number of hydrogen-bond donors (Lipinski definition) is 1. The van der Waals surface area contributed by atoms with Crippen LogP contribution in [0.1, 0.15) is 46.5 Å². The number of hydrogen-bond acceptors (Lipinski definition) is 2. The van der Waals surface area contributed by atoms with Crippen molar-refractivity contribution in [1.82, 2.24) is 10.2 Å². The Hall–Kier alpha value is -0.0800. The second kappa shape index (κ2) is 4.24. The molecule has 3 aliphatic rings. The van der Waals surface area contributed by atoms with Crippen molar-refractivity contribution in [2.45, 2.75) is 58.5 Å². The summed E-state index contributed by atoms with van der Waals surface area (Å²) < 4.78 is 0. The lowest BCUT2D eigenvalue weighted by Crippen LogP contribution is -2.51. The van der Waals surface area contributed by atoms with Crippen LogP contribution in [-0.2, 0) is 0 Å². The van der Waals surface area contributed by atoms with E-state index in [2.05, 4.69) is 31.0 Å². The summed E-state index contributed by atoms with van der Waals surface area (Å²) in [6.45, 7) is 11.3. The van der Waals surface area contributed by atoms with Crippen LogP contribution >= 0.6 is 0 Å². The van der Waals surface area contributed by atoms with Gasteiger partial charge in [0.15, 0.2) is 0 Å². The van der Waals surface area contributed by atoms with E-state index in [4.69, 9.17) is 0 Å². The minimum atomic E-state index is 0.572. The molecule has 2 heterocycles. The van der Waals surface area contributed by atoms with Crippen molar-refractivity contribution in [2.24, 2.45) is 17.3 Å². The van der Waals surface area contributed by atoms with Crippen LogP contribution in [0.3, 0.4) is 0 Å². The molecule has 2 saturated heterocycles. The predicted octanol–water partition coefficient (Wildman–Crippen LogP) is 2.49. The number of piperidine rings is 1. The molecule has 4 unspecified atom stereocenters. The van der Waals surface area contributed by atoms with Gasteiger partial charge < -0.3 is 5.32 Å². The van der Waals surface area contributed by atoms with Gasteiger partial charge in [0.05, 0.1) is 0 Å². The molecule has 3 fully saturated rings. The van der Waals surface area contributed by atoms with E-state index in [0.717, 1.165) is 23.9 Å². The maximum atomic E-state index is 3.61. The minimum Gasteiger partial charge on any atom is -0.315 e. The molecular formula is C15H28N2. The Balaban J connectivity index is 1.75. The molecule has 2 heteroatoms. The summed E-state index contributed by atoms with van der Waals surface area (Å²) in [5.74, 6) is 1.84. The van der Waals surface area contributed by atoms with Crippen LogP contribution in [-0.4, -0.2) is 36.6 Å². The molecular weight excluding hydrogens is 208 g/mol. The third-order valence-corrected chi connectivity index (χ3v) is 5.44. The summed E-state index contributed by atoms with van der Waals surface area (Å²) in [6, 6.07) is 1.71. The van der Waals surface area contributed by atoms with E-state index < -0.39 is 0 Å². The molecule has 0 bridgehead atoms. The number of rotatable bonds is 1. The lowest BCUT2D eigenvalue weighted by Gasteiger charge is -2.42. The summed E-state index contributed by atoms with van der Waals surface area (Å²) >= 11 is 0. The van der Waals surface area contributed by atoms with Crippen molar-refractivity contribution in [2.75, 3.05) is 19.6 Å². The SMILES string of the molecule is CC1CC(C)(C)CC1N1CCCC2CNCC21. The Morgan fingerprint density at radius 2 is 1.94 bits per heavy atom. The first kappa shape index (κ1) is 12.0. The van der Waals surface area contributed by atoms with Gasteiger partial charge in [-0.25, -0.2) is 0 Å². The van der Waals surface area contributed by atoms with Crippen molar-refractivity contribution >= 4 is 0 Å². The van der Waals surface area contributed by atoms with Crippen LogP contribution in [0, 0.1) is 17.3 Å². The molecule has 98 valence electrons. The lowest BCUT2D eigenvalue weighted by molar-refractivity contribution is 0.0593. The summed E-state index contributed by atoms with van der Waals surface area (Å²) in [6.07, 6.45) is 5.71. The van der Waals surface area contributed by atoms with Gasteiger partial charge in [0, 0.05) is 18.6 Å². The highest BCUT2D eigenvalue weighted by molar-refractivity contribution is 5.00.